The molecule has 1 unspecified atom stereocenters. The van der Waals surface area contributed by atoms with Crippen molar-refractivity contribution >= 4 is 17.6 Å². The Morgan fingerprint density at radius 1 is 1.07 bits per heavy atom. The van der Waals surface area contributed by atoms with Crippen molar-refractivity contribution in [1.29, 1.82) is 0 Å². The van der Waals surface area contributed by atoms with Crippen LogP contribution in [0, 0.1) is 12.7 Å². The largest absolute Gasteiger partial charge is 0.417 e. The van der Waals surface area contributed by atoms with E-state index < -0.39 is 46.8 Å². The molecule has 0 saturated carbocycles. The van der Waals surface area contributed by atoms with Crippen molar-refractivity contribution in [3.8, 4) is 0 Å². The van der Waals surface area contributed by atoms with Gasteiger partial charge >= 0.3 is 6.18 Å². The third kappa shape index (κ3) is 4.73. The molecule has 0 radical (unpaired) electrons. The zero-order valence-corrected chi connectivity index (χ0v) is 14.6. The zero-order valence-electron chi connectivity index (χ0n) is 14.6. The molecule has 28 heavy (non-hydrogen) atoms. The maximum Gasteiger partial charge on any atom is 0.417 e. The fourth-order valence-corrected chi connectivity index (χ4v) is 2.60. The molecule has 2 aromatic carbocycles. The van der Waals surface area contributed by atoms with Crippen molar-refractivity contribution in [3.05, 3.63) is 70.5 Å². The quantitative estimate of drug-likeness (QED) is 0.581. The number of aryl methyl sites for hydroxylation is 1. The molecule has 2 aromatic rings. The topological polar surface area (TPSA) is 89.3 Å². The van der Waals surface area contributed by atoms with Crippen LogP contribution in [0.15, 0.2) is 42.5 Å². The molecule has 0 saturated heterocycles. The number of alkyl halides is 3. The molecule has 0 aliphatic heterocycles. The average Bonchev–Trinajstić information content (AvgIpc) is 2.62. The maximum atomic E-state index is 14.3. The summed E-state index contributed by atoms with van der Waals surface area (Å²) in [6, 6.07) is 8.04. The number of halogens is 4. The molecule has 0 aromatic heterocycles. The van der Waals surface area contributed by atoms with Crippen LogP contribution in [-0.4, -0.2) is 23.6 Å². The van der Waals surface area contributed by atoms with Gasteiger partial charge in [-0.2, -0.15) is 13.2 Å². The van der Waals surface area contributed by atoms with Crippen LogP contribution in [0.2, 0.25) is 0 Å². The SMILES string of the molecule is Cc1ccc(C(F)(F)F)c(C(=O)NC(Cc2ccccc2)C(=O)C(N)=O)c1F. The number of primary amides is 1. The number of benzene rings is 2. The van der Waals surface area contributed by atoms with Gasteiger partial charge in [-0.05, 0) is 24.1 Å². The minimum absolute atomic E-state index is 0.181. The number of rotatable bonds is 6. The lowest BCUT2D eigenvalue weighted by atomic mass is 9.99. The second-order valence-corrected chi connectivity index (χ2v) is 6.06. The average molecular weight is 396 g/mol. The van der Waals surface area contributed by atoms with Crippen molar-refractivity contribution < 1.29 is 31.9 Å². The molecule has 1 atom stereocenters. The van der Waals surface area contributed by atoms with E-state index in [0.29, 0.717) is 11.6 Å². The first-order chi connectivity index (χ1) is 13.0. The van der Waals surface area contributed by atoms with Crippen LogP contribution in [0.5, 0.6) is 0 Å². The lowest BCUT2D eigenvalue weighted by Crippen LogP contribution is -2.47. The molecule has 148 valence electrons. The highest BCUT2D eigenvalue weighted by molar-refractivity contribution is 6.38. The van der Waals surface area contributed by atoms with Gasteiger partial charge in [0.1, 0.15) is 11.9 Å². The van der Waals surface area contributed by atoms with Gasteiger partial charge in [-0.3, -0.25) is 14.4 Å². The van der Waals surface area contributed by atoms with Crippen LogP contribution in [-0.2, 0) is 22.2 Å². The summed E-state index contributed by atoms with van der Waals surface area (Å²) >= 11 is 0. The van der Waals surface area contributed by atoms with Gasteiger partial charge < -0.3 is 11.1 Å². The summed E-state index contributed by atoms with van der Waals surface area (Å²) in [5.74, 6) is -5.41. The van der Waals surface area contributed by atoms with Gasteiger partial charge in [0.15, 0.2) is 0 Å². The van der Waals surface area contributed by atoms with Gasteiger partial charge in [0.2, 0.25) is 5.78 Å². The van der Waals surface area contributed by atoms with E-state index in [1.165, 1.54) is 6.92 Å². The Labute approximate surface area is 157 Å². The Morgan fingerprint density at radius 3 is 2.21 bits per heavy atom. The monoisotopic (exact) mass is 396 g/mol. The van der Waals surface area contributed by atoms with Crippen molar-refractivity contribution in [2.45, 2.75) is 25.6 Å². The Hall–Kier alpha value is -3.23. The first kappa shape index (κ1) is 21.1. The van der Waals surface area contributed by atoms with Crippen LogP contribution in [0.25, 0.3) is 0 Å². The number of Topliss-reactive ketones (excluding diaryl/α,β-unsaturated/α-hetero) is 1. The lowest BCUT2D eigenvalue weighted by Gasteiger charge is -2.19. The molecule has 2 amide bonds. The van der Waals surface area contributed by atoms with E-state index in [9.17, 15) is 31.9 Å². The second-order valence-electron chi connectivity index (χ2n) is 6.06. The van der Waals surface area contributed by atoms with Crippen LogP contribution in [0.1, 0.15) is 27.0 Å². The summed E-state index contributed by atoms with van der Waals surface area (Å²) in [4.78, 5) is 35.8. The summed E-state index contributed by atoms with van der Waals surface area (Å²) in [5.41, 5.74) is 2.56. The number of ketones is 1. The molecule has 0 aliphatic carbocycles. The molecule has 0 bridgehead atoms. The summed E-state index contributed by atoms with van der Waals surface area (Å²) in [7, 11) is 0. The summed E-state index contributed by atoms with van der Waals surface area (Å²) < 4.78 is 54.0. The minimum Gasteiger partial charge on any atom is -0.363 e. The molecule has 2 rings (SSSR count). The van der Waals surface area contributed by atoms with Gasteiger partial charge in [-0.25, -0.2) is 4.39 Å². The minimum atomic E-state index is -5.00. The fourth-order valence-electron chi connectivity index (χ4n) is 2.60. The normalized spacial score (nSPS) is 12.3. The summed E-state index contributed by atoms with van der Waals surface area (Å²) in [5, 5.41) is 2.01. The van der Waals surface area contributed by atoms with Crippen LogP contribution in [0.3, 0.4) is 0 Å². The number of nitrogens with two attached hydrogens (primary N) is 1. The van der Waals surface area contributed by atoms with Crippen molar-refractivity contribution in [3.63, 3.8) is 0 Å². The van der Waals surface area contributed by atoms with Crippen molar-refractivity contribution in [2.75, 3.05) is 0 Å². The van der Waals surface area contributed by atoms with E-state index >= 15 is 0 Å². The van der Waals surface area contributed by atoms with E-state index in [-0.39, 0.29) is 12.0 Å². The van der Waals surface area contributed by atoms with Gasteiger partial charge in [0, 0.05) is 6.42 Å². The van der Waals surface area contributed by atoms with Gasteiger partial charge in [0.25, 0.3) is 11.8 Å². The molecule has 0 spiro atoms. The molecule has 0 aliphatic rings. The van der Waals surface area contributed by atoms with Crippen LogP contribution < -0.4 is 11.1 Å². The second kappa shape index (κ2) is 8.20. The highest BCUT2D eigenvalue weighted by Crippen LogP contribution is 2.34. The molecule has 0 heterocycles. The highest BCUT2D eigenvalue weighted by Gasteiger charge is 2.38. The lowest BCUT2D eigenvalue weighted by molar-refractivity contribution is -0.138. The zero-order chi connectivity index (χ0) is 21.1. The first-order valence-corrected chi connectivity index (χ1v) is 8.07. The predicted molar refractivity (Wildman–Crippen MR) is 91.7 cm³/mol. The summed E-state index contributed by atoms with van der Waals surface area (Å²) in [6.07, 6.45) is -5.20. The Kier molecular flexibility index (Phi) is 6.17. The molecule has 3 N–H and O–H groups in total. The van der Waals surface area contributed by atoms with E-state index in [4.69, 9.17) is 5.73 Å². The van der Waals surface area contributed by atoms with Crippen molar-refractivity contribution in [2.24, 2.45) is 5.73 Å². The highest BCUT2D eigenvalue weighted by atomic mass is 19.4. The molecule has 0 fully saturated rings. The van der Waals surface area contributed by atoms with E-state index in [2.05, 4.69) is 0 Å². The van der Waals surface area contributed by atoms with E-state index in [0.717, 1.165) is 6.07 Å². The standard InChI is InChI=1S/C19H16F4N2O3/c1-10-7-8-12(19(21,22)23)14(15(10)20)18(28)25-13(16(26)17(24)27)9-11-5-3-2-4-6-11/h2-8,13H,9H2,1H3,(H2,24,27)(H,25,28). The van der Waals surface area contributed by atoms with E-state index in [1.54, 1.807) is 30.3 Å². The maximum absolute atomic E-state index is 14.3. The number of hydrogen-bond acceptors (Lipinski definition) is 3. The first-order valence-electron chi connectivity index (χ1n) is 8.07. The number of carbonyl (C=O) groups is 3. The number of amides is 2. The Balaban J connectivity index is 2.42. The summed E-state index contributed by atoms with van der Waals surface area (Å²) in [6.45, 7) is 1.20. The molecule has 5 nitrogen and oxygen atoms in total. The Morgan fingerprint density at radius 2 is 1.68 bits per heavy atom. The van der Waals surface area contributed by atoms with Crippen molar-refractivity contribution in [1.82, 2.24) is 5.32 Å². The molecular formula is C19H16F4N2O3. The smallest absolute Gasteiger partial charge is 0.363 e. The Bertz CT molecular complexity index is 911. The van der Waals surface area contributed by atoms with Gasteiger partial charge in [0.05, 0.1) is 11.1 Å². The van der Waals surface area contributed by atoms with Gasteiger partial charge in [-0.1, -0.05) is 36.4 Å². The van der Waals surface area contributed by atoms with Crippen LogP contribution in [0.4, 0.5) is 17.6 Å². The number of nitrogens with one attached hydrogen (secondary N) is 1. The predicted octanol–water partition coefficient (Wildman–Crippen LogP) is 2.55. The third-order valence-electron chi connectivity index (χ3n) is 4.01. The van der Waals surface area contributed by atoms with Crippen LogP contribution >= 0.6 is 0 Å². The number of hydrogen-bond donors (Lipinski definition) is 2. The fraction of sp³-hybridized carbons (Fsp3) is 0.211. The van der Waals surface area contributed by atoms with E-state index in [1.807, 2.05) is 5.32 Å². The molecular weight excluding hydrogens is 380 g/mol. The third-order valence-corrected chi connectivity index (χ3v) is 4.01. The van der Waals surface area contributed by atoms with Gasteiger partial charge in [-0.15, -0.1) is 0 Å². The number of carbonyl (C=O) groups excluding carboxylic acids is 3. The molecule has 9 heteroatoms.